The molecule has 3 rings (SSSR count). The van der Waals surface area contributed by atoms with Gasteiger partial charge in [-0.25, -0.2) is 4.98 Å². The van der Waals surface area contributed by atoms with E-state index in [1.165, 1.54) is 0 Å². The molecule has 114 valence electrons. The van der Waals surface area contributed by atoms with Crippen molar-refractivity contribution in [1.82, 2.24) is 9.97 Å². The first kappa shape index (κ1) is 14.8. The number of methoxy groups -OCH3 is 2. The molecular weight excluding hydrogens is 283 g/mol. The van der Waals surface area contributed by atoms with Gasteiger partial charge in [0.25, 0.3) is 5.88 Å². The van der Waals surface area contributed by atoms with Crippen LogP contribution in [0.1, 0.15) is 11.5 Å². The molecule has 1 N–H and O–H groups in total. The van der Waals surface area contributed by atoms with Crippen LogP contribution < -0.4 is 9.47 Å². The molecule has 2 aromatic rings. The monoisotopic (exact) mass is 300 g/mol. The second-order valence-electron chi connectivity index (χ2n) is 5.12. The van der Waals surface area contributed by atoms with Gasteiger partial charge in [0.1, 0.15) is 0 Å². The van der Waals surface area contributed by atoms with Crippen LogP contribution in [0.5, 0.6) is 11.6 Å². The van der Waals surface area contributed by atoms with Crippen LogP contribution in [0.3, 0.4) is 0 Å². The summed E-state index contributed by atoms with van der Waals surface area (Å²) in [6.45, 7) is 0.525. The molecule has 7 heteroatoms. The lowest BCUT2D eigenvalue weighted by Gasteiger charge is -2.11. The van der Waals surface area contributed by atoms with Gasteiger partial charge in [0.15, 0.2) is 11.6 Å². The fraction of sp³-hybridized carbons (Fsp3) is 0.333. The molecule has 1 aromatic heterocycles. The average Bonchev–Trinajstić information content (AvgIpc) is 3.01. The number of aromatic nitrogens is 2. The van der Waals surface area contributed by atoms with Crippen LogP contribution in [0.2, 0.25) is 6.32 Å². The average molecular weight is 300 g/mol. The first-order valence-electron chi connectivity index (χ1n) is 7.06. The molecule has 0 spiro atoms. The fourth-order valence-corrected chi connectivity index (χ4v) is 2.55. The molecule has 0 unspecified atom stereocenters. The summed E-state index contributed by atoms with van der Waals surface area (Å²) in [5.74, 6) is 1.65. The number of rotatable bonds is 4. The van der Waals surface area contributed by atoms with Crippen molar-refractivity contribution < 1.29 is 19.2 Å². The minimum Gasteiger partial charge on any atom is -0.490 e. The van der Waals surface area contributed by atoms with Crippen molar-refractivity contribution in [3.8, 4) is 23.0 Å². The van der Waals surface area contributed by atoms with Gasteiger partial charge in [-0.2, -0.15) is 4.98 Å². The smallest absolute Gasteiger partial charge is 0.454 e. The first-order valence-corrected chi connectivity index (χ1v) is 7.06. The Kier molecular flexibility index (Phi) is 4.26. The Morgan fingerprint density at radius 3 is 2.86 bits per heavy atom. The highest BCUT2D eigenvalue weighted by atomic mass is 16.5. The topological polar surface area (TPSA) is 73.7 Å². The van der Waals surface area contributed by atoms with Gasteiger partial charge in [0, 0.05) is 18.1 Å². The highest BCUT2D eigenvalue weighted by Gasteiger charge is 2.29. The van der Waals surface area contributed by atoms with E-state index in [-0.39, 0.29) is 5.92 Å². The number of benzene rings is 1. The summed E-state index contributed by atoms with van der Waals surface area (Å²) in [5.41, 5.74) is 1.99. The molecule has 1 aromatic carbocycles. The molecule has 6 nitrogen and oxygen atoms in total. The lowest BCUT2D eigenvalue weighted by molar-refractivity contribution is 0.292. The zero-order chi connectivity index (χ0) is 15.5. The van der Waals surface area contributed by atoms with Crippen LogP contribution in [-0.4, -0.2) is 42.9 Å². The van der Waals surface area contributed by atoms with E-state index in [1.807, 2.05) is 24.3 Å². The quantitative estimate of drug-likeness (QED) is 0.867. The van der Waals surface area contributed by atoms with Crippen molar-refractivity contribution in [2.45, 2.75) is 12.2 Å². The summed E-state index contributed by atoms with van der Waals surface area (Å²) in [6.07, 6.45) is 2.20. The van der Waals surface area contributed by atoms with Crippen molar-refractivity contribution >= 4 is 7.12 Å². The van der Waals surface area contributed by atoms with E-state index < -0.39 is 7.12 Å². The van der Waals surface area contributed by atoms with E-state index in [1.54, 1.807) is 20.4 Å². The zero-order valence-corrected chi connectivity index (χ0v) is 12.5. The Balaban J connectivity index is 1.92. The van der Waals surface area contributed by atoms with Crippen LogP contribution in [0, 0.1) is 0 Å². The van der Waals surface area contributed by atoms with Gasteiger partial charge in [-0.3, -0.25) is 0 Å². The van der Waals surface area contributed by atoms with Crippen molar-refractivity contribution in [2.75, 3.05) is 20.8 Å². The van der Waals surface area contributed by atoms with Crippen molar-refractivity contribution in [3.05, 3.63) is 36.0 Å². The second kappa shape index (κ2) is 6.33. The highest BCUT2D eigenvalue weighted by molar-refractivity contribution is 6.43. The Bertz CT molecular complexity index is 668. The van der Waals surface area contributed by atoms with E-state index in [2.05, 4.69) is 9.97 Å². The molecule has 22 heavy (non-hydrogen) atoms. The van der Waals surface area contributed by atoms with Gasteiger partial charge in [0.2, 0.25) is 0 Å². The first-order chi connectivity index (χ1) is 10.7. The number of hydrogen-bond donors (Lipinski definition) is 1. The van der Waals surface area contributed by atoms with Gasteiger partial charge in [-0.15, -0.1) is 0 Å². The largest absolute Gasteiger partial charge is 0.490 e. The third-order valence-corrected chi connectivity index (χ3v) is 3.73. The fourth-order valence-electron chi connectivity index (χ4n) is 2.55. The number of hydrogen-bond acceptors (Lipinski definition) is 6. The molecule has 1 aliphatic rings. The predicted octanol–water partition coefficient (Wildman–Crippen LogP) is 1.76. The minimum atomic E-state index is -0.675. The minimum absolute atomic E-state index is 0.190. The summed E-state index contributed by atoms with van der Waals surface area (Å²) in [7, 11) is 2.42. The zero-order valence-electron chi connectivity index (χ0n) is 12.5. The normalized spacial score (nSPS) is 17.6. The van der Waals surface area contributed by atoms with Crippen molar-refractivity contribution in [3.63, 3.8) is 0 Å². The molecule has 0 radical (unpaired) electrons. The summed E-state index contributed by atoms with van der Waals surface area (Å²) >= 11 is 0. The van der Waals surface area contributed by atoms with Crippen LogP contribution in [0.15, 0.2) is 30.5 Å². The Morgan fingerprint density at radius 2 is 2.18 bits per heavy atom. The Hall–Kier alpha value is -2.12. The Labute approximate surface area is 129 Å². The van der Waals surface area contributed by atoms with Crippen molar-refractivity contribution in [2.24, 2.45) is 0 Å². The highest BCUT2D eigenvalue weighted by Crippen LogP contribution is 2.31. The maximum absolute atomic E-state index is 9.50. The molecular formula is C15H17BN2O4. The molecule has 1 saturated heterocycles. The summed E-state index contributed by atoms with van der Waals surface area (Å²) in [5, 5.41) is 9.50. The SMILES string of the molecule is COc1cnc(-c2cccc([C@@H]3COB(O)C3)c2)nc1OC. The third-order valence-electron chi connectivity index (χ3n) is 3.73. The molecule has 0 bridgehead atoms. The molecule has 0 aliphatic carbocycles. The van der Waals surface area contributed by atoms with Crippen LogP contribution >= 0.6 is 0 Å². The van der Waals surface area contributed by atoms with E-state index in [4.69, 9.17) is 14.1 Å². The lowest BCUT2D eigenvalue weighted by Crippen LogP contribution is -2.07. The van der Waals surface area contributed by atoms with Crippen LogP contribution in [0.25, 0.3) is 11.4 Å². The van der Waals surface area contributed by atoms with E-state index >= 15 is 0 Å². The van der Waals surface area contributed by atoms with E-state index in [0.717, 1.165) is 11.1 Å². The third kappa shape index (κ3) is 2.91. The predicted molar refractivity (Wildman–Crippen MR) is 82.0 cm³/mol. The maximum Gasteiger partial charge on any atom is 0.454 e. The summed E-state index contributed by atoms with van der Waals surface area (Å²) in [6, 6.07) is 7.94. The van der Waals surface area contributed by atoms with E-state index in [9.17, 15) is 5.02 Å². The van der Waals surface area contributed by atoms with Gasteiger partial charge < -0.3 is 19.2 Å². The standard InChI is InChI=1S/C15H17BN2O4/c1-20-13-8-17-14(18-15(13)21-2)11-5-3-4-10(6-11)12-7-16(19)22-9-12/h3-6,8,12,19H,7,9H2,1-2H3/t12-/m0/s1. The Morgan fingerprint density at radius 1 is 1.32 bits per heavy atom. The summed E-state index contributed by atoms with van der Waals surface area (Å²) < 4.78 is 15.6. The van der Waals surface area contributed by atoms with E-state index in [0.29, 0.717) is 30.4 Å². The van der Waals surface area contributed by atoms with Crippen LogP contribution in [0.4, 0.5) is 0 Å². The lowest BCUT2D eigenvalue weighted by atomic mass is 9.79. The molecule has 1 atom stereocenters. The molecule has 1 aliphatic heterocycles. The van der Waals surface area contributed by atoms with Gasteiger partial charge in [-0.05, 0) is 17.9 Å². The molecule has 1 fully saturated rings. The number of nitrogens with zero attached hydrogens (tertiary/aromatic N) is 2. The number of ether oxygens (including phenoxy) is 2. The summed E-state index contributed by atoms with van der Waals surface area (Å²) in [4.78, 5) is 8.69. The van der Waals surface area contributed by atoms with Gasteiger partial charge in [0.05, 0.1) is 20.4 Å². The van der Waals surface area contributed by atoms with Gasteiger partial charge >= 0.3 is 7.12 Å². The molecule has 2 heterocycles. The van der Waals surface area contributed by atoms with Crippen molar-refractivity contribution in [1.29, 1.82) is 0 Å². The van der Waals surface area contributed by atoms with Gasteiger partial charge in [-0.1, -0.05) is 18.2 Å². The van der Waals surface area contributed by atoms with Crippen LogP contribution in [-0.2, 0) is 4.65 Å². The second-order valence-corrected chi connectivity index (χ2v) is 5.12. The maximum atomic E-state index is 9.50. The molecule has 0 saturated carbocycles. The molecule has 0 amide bonds.